The molecule has 2 heteroatoms. The van der Waals surface area contributed by atoms with Crippen molar-refractivity contribution in [3.8, 4) is 0 Å². The van der Waals surface area contributed by atoms with Crippen LogP contribution in [0.1, 0.15) is 85.0 Å². The maximum atomic E-state index is 10.3. The molecule has 1 N–H and O–H groups in total. The Bertz CT molecular complexity index is 298. The van der Waals surface area contributed by atoms with Crippen molar-refractivity contribution in [2.75, 3.05) is 7.05 Å². The van der Waals surface area contributed by atoms with Crippen LogP contribution in [0, 0.1) is 0 Å². The Kier molecular flexibility index (Phi) is 8.58. The second-order valence-corrected chi connectivity index (χ2v) is 7.36. The Morgan fingerprint density at radius 2 is 1.76 bits per heavy atom. The Balaban J connectivity index is 2.11. The number of nitrogens with zero attached hydrogens (tertiary/aromatic N) is 1. The molecule has 21 heavy (non-hydrogen) atoms. The van der Waals surface area contributed by atoms with Gasteiger partial charge in [0.2, 0.25) is 0 Å². The molecular weight excluding hydrogens is 258 g/mol. The van der Waals surface area contributed by atoms with Crippen LogP contribution in [0.2, 0.25) is 0 Å². The lowest BCUT2D eigenvalue weighted by Gasteiger charge is -2.33. The number of hydrogen-bond acceptors (Lipinski definition) is 2. The first-order valence-corrected chi connectivity index (χ1v) is 9.06. The monoisotopic (exact) mass is 295 g/mol. The van der Waals surface area contributed by atoms with E-state index in [4.69, 9.17) is 0 Å². The number of aliphatic hydroxyl groups is 1. The second-order valence-electron chi connectivity index (χ2n) is 7.36. The number of allylic oxidation sites excluding steroid dienone is 1. The van der Waals surface area contributed by atoms with Gasteiger partial charge in [-0.15, -0.1) is 0 Å². The maximum Gasteiger partial charge on any atom is 0.0876 e. The second kappa shape index (κ2) is 9.63. The van der Waals surface area contributed by atoms with Crippen molar-refractivity contribution < 1.29 is 5.11 Å². The van der Waals surface area contributed by atoms with Crippen LogP contribution in [0.25, 0.3) is 0 Å². The third kappa shape index (κ3) is 6.52. The molecule has 0 aromatic carbocycles. The predicted molar refractivity (Wildman–Crippen MR) is 92.6 cm³/mol. The molecule has 2 unspecified atom stereocenters. The van der Waals surface area contributed by atoms with Gasteiger partial charge in [-0.3, -0.25) is 4.90 Å². The zero-order valence-electron chi connectivity index (χ0n) is 14.8. The first-order valence-electron chi connectivity index (χ1n) is 9.06. The highest BCUT2D eigenvalue weighted by molar-refractivity contribution is 5.02. The molecule has 0 amide bonds. The van der Waals surface area contributed by atoms with Crippen LogP contribution in [-0.4, -0.2) is 34.7 Å². The van der Waals surface area contributed by atoms with Gasteiger partial charge in [0.1, 0.15) is 0 Å². The molecule has 1 aliphatic heterocycles. The fraction of sp³-hybridized carbons (Fsp3) is 0.895. The molecule has 1 heterocycles. The predicted octanol–water partition coefficient (Wildman–Crippen LogP) is 4.92. The van der Waals surface area contributed by atoms with Crippen LogP contribution in [0.15, 0.2) is 12.2 Å². The van der Waals surface area contributed by atoms with Crippen molar-refractivity contribution in [1.29, 1.82) is 0 Å². The molecule has 0 spiro atoms. The van der Waals surface area contributed by atoms with Gasteiger partial charge in [0.15, 0.2) is 0 Å². The highest BCUT2D eigenvalue weighted by Crippen LogP contribution is 2.33. The zero-order chi connectivity index (χ0) is 15.7. The van der Waals surface area contributed by atoms with E-state index < -0.39 is 0 Å². The molecular formula is C19H37NO. The molecule has 0 aromatic heterocycles. The lowest BCUT2D eigenvalue weighted by atomic mass is 10.0. The molecule has 1 aliphatic rings. The third-order valence-electron chi connectivity index (χ3n) is 5.21. The third-order valence-corrected chi connectivity index (χ3v) is 5.21. The van der Waals surface area contributed by atoms with Crippen LogP contribution in [-0.2, 0) is 0 Å². The van der Waals surface area contributed by atoms with E-state index in [-0.39, 0.29) is 11.6 Å². The summed E-state index contributed by atoms with van der Waals surface area (Å²) in [7, 11) is 2.14. The minimum absolute atomic E-state index is 0.234. The average Bonchev–Trinajstić information content (AvgIpc) is 2.71. The lowest BCUT2D eigenvalue weighted by molar-refractivity contribution is 0.0796. The topological polar surface area (TPSA) is 23.5 Å². The van der Waals surface area contributed by atoms with Gasteiger partial charge in [0.25, 0.3) is 0 Å². The van der Waals surface area contributed by atoms with Crippen molar-refractivity contribution in [1.82, 2.24) is 4.90 Å². The van der Waals surface area contributed by atoms with Crippen molar-refractivity contribution in [3.63, 3.8) is 0 Å². The molecule has 0 aromatic rings. The van der Waals surface area contributed by atoms with E-state index in [0.717, 1.165) is 12.8 Å². The zero-order valence-corrected chi connectivity index (χ0v) is 14.8. The van der Waals surface area contributed by atoms with E-state index in [2.05, 4.69) is 38.8 Å². The summed E-state index contributed by atoms with van der Waals surface area (Å²) < 4.78 is 0. The molecule has 0 bridgehead atoms. The van der Waals surface area contributed by atoms with E-state index in [1.54, 1.807) is 0 Å². The van der Waals surface area contributed by atoms with E-state index in [9.17, 15) is 5.11 Å². The van der Waals surface area contributed by atoms with Crippen LogP contribution >= 0.6 is 0 Å². The fourth-order valence-electron chi connectivity index (χ4n) is 3.30. The van der Waals surface area contributed by atoms with Gasteiger partial charge in [-0.1, -0.05) is 57.6 Å². The molecule has 0 aliphatic carbocycles. The van der Waals surface area contributed by atoms with E-state index in [0.29, 0.717) is 6.04 Å². The van der Waals surface area contributed by atoms with Crippen LogP contribution in [0.4, 0.5) is 0 Å². The molecule has 2 nitrogen and oxygen atoms in total. The Hall–Kier alpha value is -0.340. The summed E-state index contributed by atoms with van der Waals surface area (Å²) in [4.78, 5) is 2.34. The minimum Gasteiger partial charge on any atom is -0.387 e. The van der Waals surface area contributed by atoms with Gasteiger partial charge < -0.3 is 5.11 Å². The number of hydrogen-bond donors (Lipinski definition) is 1. The van der Waals surface area contributed by atoms with Crippen molar-refractivity contribution in [2.24, 2.45) is 0 Å². The first-order chi connectivity index (χ1) is 9.99. The summed E-state index contributed by atoms with van der Waals surface area (Å²) in [6, 6.07) is 0.297. The number of likely N-dealkylation sites (N-methyl/N-ethyl adjacent to an activating group) is 1. The van der Waals surface area contributed by atoms with E-state index >= 15 is 0 Å². The summed E-state index contributed by atoms with van der Waals surface area (Å²) in [5.41, 5.74) is 0.234. The van der Waals surface area contributed by atoms with Crippen molar-refractivity contribution >= 4 is 0 Å². The fourth-order valence-corrected chi connectivity index (χ4v) is 3.30. The summed E-state index contributed by atoms with van der Waals surface area (Å²) in [5.74, 6) is 0. The Labute approximate surface area is 132 Å². The molecule has 124 valence electrons. The maximum absolute atomic E-state index is 10.3. The van der Waals surface area contributed by atoms with E-state index in [1.807, 2.05) is 6.08 Å². The number of aliphatic hydroxyl groups excluding tert-OH is 1. The molecule has 1 saturated heterocycles. The summed E-state index contributed by atoms with van der Waals surface area (Å²) >= 11 is 0. The van der Waals surface area contributed by atoms with Gasteiger partial charge in [0, 0.05) is 11.6 Å². The molecule has 1 rings (SSSR count). The van der Waals surface area contributed by atoms with Crippen molar-refractivity contribution in [3.05, 3.63) is 12.2 Å². The lowest BCUT2D eigenvalue weighted by Crippen LogP contribution is -2.44. The standard InChI is InChI=1S/C19H37NO/c1-5-6-7-8-9-10-11-12-13-14-18(21)17-15-16-19(2,3)20(17)4/h13-14,17-18,21H,5-12,15-16H2,1-4H3/b14-13+. The van der Waals surface area contributed by atoms with Gasteiger partial charge in [-0.05, 0) is 46.6 Å². The number of likely N-dealkylation sites (tertiary alicyclic amines) is 1. The number of rotatable bonds is 10. The normalized spacial score (nSPS) is 24.0. The largest absolute Gasteiger partial charge is 0.387 e. The minimum atomic E-state index is -0.304. The smallest absolute Gasteiger partial charge is 0.0876 e. The Morgan fingerprint density at radius 1 is 1.14 bits per heavy atom. The quantitative estimate of drug-likeness (QED) is 0.457. The molecule has 0 saturated carbocycles. The van der Waals surface area contributed by atoms with Gasteiger partial charge in [-0.25, -0.2) is 0 Å². The van der Waals surface area contributed by atoms with Gasteiger partial charge >= 0.3 is 0 Å². The van der Waals surface area contributed by atoms with Crippen LogP contribution in [0.3, 0.4) is 0 Å². The highest BCUT2D eigenvalue weighted by Gasteiger charge is 2.38. The van der Waals surface area contributed by atoms with E-state index in [1.165, 1.54) is 51.4 Å². The Morgan fingerprint density at radius 3 is 2.33 bits per heavy atom. The highest BCUT2D eigenvalue weighted by atomic mass is 16.3. The molecule has 2 atom stereocenters. The van der Waals surface area contributed by atoms with Crippen LogP contribution in [0.5, 0.6) is 0 Å². The SMILES string of the molecule is CCCCCCCCC/C=C/C(O)C1CCC(C)(C)N1C. The summed E-state index contributed by atoms with van der Waals surface area (Å²) in [6.07, 6.45) is 16.8. The van der Waals surface area contributed by atoms with Crippen LogP contribution < -0.4 is 0 Å². The van der Waals surface area contributed by atoms with Crippen molar-refractivity contribution in [2.45, 2.75) is 103 Å². The first kappa shape index (κ1) is 18.7. The van der Waals surface area contributed by atoms with Gasteiger partial charge in [-0.2, -0.15) is 0 Å². The molecule has 1 fully saturated rings. The number of unbranched alkanes of at least 4 members (excludes halogenated alkanes) is 7. The summed E-state index contributed by atoms with van der Waals surface area (Å²) in [6.45, 7) is 6.79. The summed E-state index contributed by atoms with van der Waals surface area (Å²) in [5, 5.41) is 10.3. The molecule has 0 radical (unpaired) electrons. The van der Waals surface area contributed by atoms with Gasteiger partial charge in [0.05, 0.1) is 6.10 Å². The average molecular weight is 296 g/mol.